The highest BCUT2D eigenvalue weighted by Crippen LogP contribution is 2.29. The minimum absolute atomic E-state index is 0.161. The Balaban J connectivity index is 2.66. The van der Waals surface area contributed by atoms with Crippen molar-refractivity contribution >= 4 is 0 Å². The molecular formula is C14H28N2. The molecule has 1 aliphatic rings. The van der Waals surface area contributed by atoms with E-state index in [0.29, 0.717) is 0 Å². The lowest BCUT2D eigenvalue weighted by atomic mass is 9.84. The fraction of sp³-hybridized carbons (Fsp3) is 0.857. The lowest BCUT2D eigenvalue weighted by Crippen LogP contribution is -2.56. The van der Waals surface area contributed by atoms with Crippen LogP contribution in [0.25, 0.3) is 0 Å². The number of hydrogen-bond acceptors (Lipinski definition) is 2. The van der Waals surface area contributed by atoms with Gasteiger partial charge in [0.1, 0.15) is 0 Å². The van der Waals surface area contributed by atoms with E-state index in [1.54, 1.807) is 0 Å². The van der Waals surface area contributed by atoms with Crippen molar-refractivity contribution in [2.24, 2.45) is 5.73 Å². The zero-order valence-corrected chi connectivity index (χ0v) is 11.3. The van der Waals surface area contributed by atoms with Crippen LogP contribution in [0.4, 0.5) is 0 Å². The first-order valence-electron chi connectivity index (χ1n) is 6.71. The Kier molecular flexibility index (Phi) is 5.00. The molecule has 2 unspecified atom stereocenters. The van der Waals surface area contributed by atoms with Gasteiger partial charge in [0.2, 0.25) is 0 Å². The second-order valence-electron chi connectivity index (χ2n) is 5.32. The van der Waals surface area contributed by atoms with Crippen LogP contribution >= 0.6 is 0 Å². The van der Waals surface area contributed by atoms with Gasteiger partial charge in [0, 0.05) is 11.6 Å². The average Bonchev–Trinajstić information content (AvgIpc) is 2.81. The molecule has 1 saturated heterocycles. The van der Waals surface area contributed by atoms with Crippen LogP contribution in [0.15, 0.2) is 12.2 Å². The smallest absolute Gasteiger partial charge is 0.0332 e. The number of hydrogen-bond donors (Lipinski definition) is 1. The van der Waals surface area contributed by atoms with E-state index in [-0.39, 0.29) is 11.6 Å². The number of likely N-dealkylation sites (tertiary alicyclic amines) is 1. The van der Waals surface area contributed by atoms with Crippen molar-refractivity contribution in [3.05, 3.63) is 12.2 Å². The molecule has 2 heteroatoms. The second kappa shape index (κ2) is 5.83. The quantitative estimate of drug-likeness (QED) is 0.703. The minimum atomic E-state index is 0.161. The Labute approximate surface area is 101 Å². The Morgan fingerprint density at radius 1 is 1.38 bits per heavy atom. The number of nitrogens with two attached hydrogens (primary N) is 1. The summed E-state index contributed by atoms with van der Waals surface area (Å²) >= 11 is 0. The summed E-state index contributed by atoms with van der Waals surface area (Å²) in [5.74, 6) is 0. The first kappa shape index (κ1) is 13.7. The molecule has 0 amide bonds. The van der Waals surface area contributed by atoms with Gasteiger partial charge < -0.3 is 5.73 Å². The zero-order valence-electron chi connectivity index (χ0n) is 11.3. The third kappa shape index (κ3) is 2.86. The molecule has 2 N–H and O–H groups in total. The highest BCUT2D eigenvalue weighted by atomic mass is 15.2. The molecule has 1 heterocycles. The lowest BCUT2D eigenvalue weighted by Gasteiger charge is -2.43. The molecule has 0 aromatic heterocycles. The van der Waals surface area contributed by atoms with Crippen LogP contribution in [-0.2, 0) is 0 Å². The van der Waals surface area contributed by atoms with Gasteiger partial charge in [-0.3, -0.25) is 4.90 Å². The van der Waals surface area contributed by atoms with Crippen LogP contribution in [0, 0.1) is 0 Å². The maximum absolute atomic E-state index is 6.42. The monoisotopic (exact) mass is 224 g/mol. The summed E-state index contributed by atoms with van der Waals surface area (Å²) < 4.78 is 0. The standard InChI is InChI=1S/C14H28N2/c1-5-12(3)11-13(15)14(4,6-2)16-9-7-8-10-16/h13H,3,5-11,15H2,1-2,4H3. The van der Waals surface area contributed by atoms with E-state index < -0.39 is 0 Å². The van der Waals surface area contributed by atoms with Crippen molar-refractivity contribution in [2.75, 3.05) is 13.1 Å². The molecule has 94 valence electrons. The molecule has 0 aromatic rings. The van der Waals surface area contributed by atoms with Crippen LogP contribution in [0.5, 0.6) is 0 Å². The van der Waals surface area contributed by atoms with E-state index in [1.165, 1.54) is 31.5 Å². The summed E-state index contributed by atoms with van der Waals surface area (Å²) in [6, 6.07) is 0.225. The fourth-order valence-corrected chi connectivity index (χ4v) is 2.62. The summed E-state index contributed by atoms with van der Waals surface area (Å²) in [6.45, 7) is 13.3. The van der Waals surface area contributed by atoms with Crippen molar-refractivity contribution in [2.45, 2.75) is 64.5 Å². The van der Waals surface area contributed by atoms with Gasteiger partial charge in [-0.25, -0.2) is 0 Å². The van der Waals surface area contributed by atoms with Gasteiger partial charge in [-0.05, 0) is 52.1 Å². The molecular weight excluding hydrogens is 196 g/mol. The predicted molar refractivity (Wildman–Crippen MR) is 71.5 cm³/mol. The first-order valence-corrected chi connectivity index (χ1v) is 6.71. The summed E-state index contributed by atoms with van der Waals surface area (Å²) in [6.07, 6.45) is 5.81. The topological polar surface area (TPSA) is 29.3 Å². The normalized spacial score (nSPS) is 23.0. The Bertz CT molecular complexity index is 231. The van der Waals surface area contributed by atoms with E-state index in [9.17, 15) is 0 Å². The second-order valence-corrected chi connectivity index (χ2v) is 5.32. The summed E-state index contributed by atoms with van der Waals surface area (Å²) in [4.78, 5) is 2.58. The molecule has 2 nitrogen and oxygen atoms in total. The van der Waals surface area contributed by atoms with E-state index in [0.717, 1.165) is 19.3 Å². The third-order valence-corrected chi connectivity index (χ3v) is 4.35. The molecule has 2 atom stereocenters. The highest BCUT2D eigenvalue weighted by Gasteiger charge is 2.37. The zero-order chi connectivity index (χ0) is 12.2. The van der Waals surface area contributed by atoms with Gasteiger partial charge in [0.25, 0.3) is 0 Å². The molecule has 0 saturated carbocycles. The molecule has 16 heavy (non-hydrogen) atoms. The molecule has 0 bridgehead atoms. The molecule has 1 aliphatic heterocycles. The summed E-state index contributed by atoms with van der Waals surface area (Å²) in [5.41, 5.74) is 7.86. The maximum atomic E-state index is 6.42. The molecule has 1 rings (SSSR count). The Morgan fingerprint density at radius 3 is 2.38 bits per heavy atom. The molecule has 0 aliphatic carbocycles. The Hall–Kier alpha value is -0.340. The maximum Gasteiger partial charge on any atom is 0.0332 e. The van der Waals surface area contributed by atoms with Crippen LogP contribution in [-0.4, -0.2) is 29.6 Å². The van der Waals surface area contributed by atoms with Crippen LogP contribution in [0.2, 0.25) is 0 Å². The predicted octanol–water partition coefficient (Wildman–Crippen LogP) is 2.93. The van der Waals surface area contributed by atoms with Gasteiger partial charge in [0.15, 0.2) is 0 Å². The van der Waals surface area contributed by atoms with E-state index in [1.807, 2.05) is 0 Å². The minimum Gasteiger partial charge on any atom is -0.326 e. The van der Waals surface area contributed by atoms with Crippen LogP contribution in [0.1, 0.15) is 52.9 Å². The van der Waals surface area contributed by atoms with Gasteiger partial charge >= 0.3 is 0 Å². The van der Waals surface area contributed by atoms with E-state index in [2.05, 4.69) is 32.3 Å². The van der Waals surface area contributed by atoms with Crippen molar-refractivity contribution in [3.63, 3.8) is 0 Å². The third-order valence-electron chi connectivity index (χ3n) is 4.35. The molecule has 0 spiro atoms. The van der Waals surface area contributed by atoms with Crippen molar-refractivity contribution in [1.82, 2.24) is 4.90 Å². The van der Waals surface area contributed by atoms with Crippen molar-refractivity contribution in [3.8, 4) is 0 Å². The van der Waals surface area contributed by atoms with Crippen LogP contribution < -0.4 is 5.73 Å². The van der Waals surface area contributed by atoms with Gasteiger partial charge in [-0.1, -0.05) is 26.0 Å². The van der Waals surface area contributed by atoms with Gasteiger partial charge in [0.05, 0.1) is 0 Å². The average molecular weight is 224 g/mol. The van der Waals surface area contributed by atoms with Crippen molar-refractivity contribution < 1.29 is 0 Å². The molecule has 0 aromatic carbocycles. The molecule has 1 fully saturated rings. The summed E-state index contributed by atoms with van der Waals surface area (Å²) in [5, 5.41) is 0. The van der Waals surface area contributed by atoms with E-state index in [4.69, 9.17) is 5.73 Å². The largest absolute Gasteiger partial charge is 0.326 e. The van der Waals surface area contributed by atoms with Gasteiger partial charge in [-0.15, -0.1) is 0 Å². The number of nitrogens with zero attached hydrogens (tertiary/aromatic N) is 1. The number of rotatable bonds is 6. The van der Waals surface area contributed by atoms with E-state index >= 15 is 0 Å². The lowest BCUT2D eigenvalue weighted by molar-refractivity contribution is 0.0996. The highest BCUT2D eigenvalue weighted by molar-refractivity contribution is 5.04. The molecule has 0 radical (unpaired) electrons. The Morgan fingerprint density at radius 2 is 1.94 bits per heavy atom. The van der Waals surface area contributed by atoms with Crippen molar-refractivity contribution in [1.29, 1.82) is 0 Å². The summed E-state index contributed by atoms with van der Waals surface area (Å²) in [7, 11) is 0. The van der Waals surface area contributed by atoms with Crippen LogP contribution in [0.3, 0.4) is 0 Å². The first-order chi connectivity index (χ1) is 7.54. The van der Waals surface area contributed by atoms with Gasteiger partial charge in [-0.2, -0.15) is 0 Å². The fourth-order valence-electron chi connectivity index (χ4n) is 2.62. The SMILES string of the molecule is C=C(CC)CC(N)C(C)(CC)N1CCCC1.